The number of hydrogen-bond donors (Lipinski definition) is 4. The largest absolute Gasteiger partial charge is 0.490 e. The SMILES string of the molecule is Cc1cccc2c(=O)[nH]c(CSC3CCC(CN(C)C)CC3)nc12.Cc1cccc2c(=O)[nH]c(CSC3CCC(CN(C)C)CC3)nc12.O=C(O)C(F)(F)F.O=C(O)C(F)(F)F. The number of nitrogens with one attached hydrogen (secondary N) is 2. The smallest absolute Gasteiger partial charge is 0.475 e. The minimum Gasteiger partial charge on any atom is -0.475 e. The Balaban J connectivity index is 0.000000254. The average molecular weight is 919 g/mol. The van der Waals surface area contributed by atoms with Gasteiger partial charge in [0.2, 0.25) is 0 Å². The molecule has 6 rings (SSSR count). The van der Waals surface area contributed by atoms with Gasteiger partial charge in [-0.25, -0.2) is 19.6 Å². The molecule has 2 saturated carbocycles. The first-order valence-corrected chi connectivity index (χ1v) is 22.1. The van der Waals surface area contributed by atoms with E-state index < -0.39 is 24.3 Å². The van der Waals surface area contributed by atoms with E-state index in [9.17, 15) is 35.9 Å². The molecular weight excluding hydrogens is 863 g/mol. The summed E-state index contributed by atoms with van der Waals surface area (Å²) in [6, 6.07) is 11.5. The molecule has 62 heavy (non-hydrogen) atoms. The van der Waals surface area contributed by atoms with Crippen LogP contribution in [-0.4, -0.2) is 116 Å². The number of aromatic amines is 2. The van der Waals surface area contributed by atoms with Crippen LogP contribution in [0.1, 0.15) is 74.1 Å². The summed E-state index contributed by atoms with van der Waals surface area (Å²) in [5.41, 5.74) is 3.77. The van der Waals surface area contributed by atoms with Crippen LogP contribution >= 0.6 is 23.5 Å². The van der Waals surface area contributed by atoms with Gasteiger partial charge in [-0.1, -0.05) is 24.3 Å². The van der Waals surface area contributed by atoms with Crippen molar-refractivity contribution in [2.24, 2.45) is 11.8 Å². The number of thioether (sulfide) groups is 2. The Labute approximate surface area is 364 Å². The van der Waals surface area contributed by atoms with Crippen LogP contribution < -0.4 is 11.1 Å². The second kappa shape index (κ2) is 24.1. The number of nitrogens with zero attached hydrogens (tertiary/aromatic N) is 4. The Kier molecular flexibility index (Phi) is 20.3. The lowest BCUT2D eigenvalue weighted by Crippen LogP contribution is -2.26. The fourth-order valence-corrected chi connectivity index (χ4v) is 9.50. The van der Waals surface area contributed by atoms with Gasteiger partial charge >= 0.3 is 24.3 Å². The Hall–Kier alpha value is -4.14. The third kappa shape index (κ3) is 17.6. The van der Waals surface area contributed by atoms with Crippen molar-refractivity contribution >= 4 is 57.3 Å². The number of carboxylic acids is 2. The zero-order valence-electron chi connectivity index (χ0n) is 35.7. The van der Waals surface area contributed by atoms with Gasteiger partial charge in [-0.15, -0.1) is 0 Å². The van der Waals surface area contributed by atoms with Crippen molar-refractivity contribution in [3.05, 3.63) is 79.9 Å². The van der Waals surface area contributed by atoms with Gasteiger partial charge in [-0.3, -0.25) is 9.59 Å². The summed E-state index contributed by atoms with van der Waals surface area (Å²) >= 11 is 3.90. The molecule has 2 aromatic carbocycles. The average Bonchev–Trinajstić information content (AvgIpc) is 3.18. The maximum absolute atomic E-state index is 12.2. The summed E-state index contributed by atoms with van der Waals surface area (Å²) in [6.07, 6.45) is 0.209. The van der Waals surface area contributed by atoms with Gasteiger partial charge in [0.25, 0.3) is 11.1 Å². The summed E-state index contributed by atoms with van der Waals surface area (Å²) in [4.78, 5) is 62.2. The van der Waals surface area contributed by atoms with Gasteiger partial charge in [-0.2, -0.15) is 49.9 Å². The third-order valence-corrected chi connectivity index (χ3v) is 13.0. The molecule has 12 nitrogen and oxygen atoms in total. The molecular formula is C42H56F6N6O6S2. The fourth-order valence-electron chi connectivity index (χ4n) is 7.23. The summed E-state index contributed by atoms with van der Waals surface area (Å²) in [5.74, 6) is -0.619. The summed E-state index contributed by atoms with van der Waals surface area (Å²) in [6.45, 7) is 6.43. The molecule has 0 unspecified atom stereocenters. The number of carboxylic acid groups (broad SMARTS) is 2. The van der Waals surface area contributed by atoms with E-state index in [0.29, 0.717) is 21.3 Å². The number of carbonyl (C=O) groups is 2. The first-order valence-electron chi connectivity index (χ1n) is 20.0. The molecule has 0 saturated heterocycles. The fraction of sp³-hybridized carbons (Fsp3) is 0.571. The van der Waals surface area contributed by atoms with Crippen molar-refractivity contribution in [1.82, 2.24) is 29.7 Å². The number of fused-ring (bicyclic) bond motifs is 2. The highest BCUT2D eigenvalue weighted by Crippen LogP contribution is 2.34. The number of rotatable bonds is 10. The predicted molar refractivity (Wildman–Crippen MR) is 233 cm³/mol. The van der Waals surface area contributed by atoms with Crippen LogP contribution in [0.5, 0.6) is 0 Å². The molecule has 0 aliphatic heterocycles. The number of aryl methyl sites for hydroxylation is 2. The second-order valence-electron chi connectivity index (χ2n) is 16.0. The Bertz CT molecular complexity index is 2030. The van der Waals surface area contributed by atoms with E-state index in [-0.39, 0.29) is 11.1 Å². The highest BCUT2D eigenvalue weighted by atomic mass is 32.2. The Morgan fingerprint density at radius 3 is 1.21 bits per heavy atom. The number of aliphatic carboxylic acids is 2. The van der Waals surface area contributed by atoms with Gasteiger partial charge in [0, 0.05) is 23.6 Å². The maximum atomic E-state index is 12.2. The number of halogens is 6. The van der Waals surface area contributed by atoms with E-state index >= 15 is 0 Å². The number of alkyl halides is 6. The lowest BCUT2D eigenvalue weighted by atomic mass is 9.89. The topological polar surface area (TPSA) is 173 Å². The summed E-state index contributed by atoms with van der Waals surface area (Å²) in [7, 11) is 8.63. The van der Waals surface area contributed by atoms with Crippen LogP contribution in [-0.2, 0) is 21.1 Å². The Morgan fingerprint density at radius 2 is 0.935 bits per heavy atom. The van der Waals surface area contributed by atoms with Gasteiger partial charge in [0.05, 0.1) is 33.3 Å². The van der Waals surface area contributed by atoms with E-state index in [4.69, 9.17) is 29.8 Å². The molecule has 2 heterocycles. The van der Waals surface area contributed by atoms with Crippen molar-refractivity contribution in [3.8, 4) is 0 Å². The maximum Gasteiger partial charge on any atom is 0.490 e. The second-order valence-corrected chi connectivity index (χ2v) is 18.6. The molecule has 0 amide bonds. The van der Waals surface area contributed by atoms with Crippen molar-refractivity contribution in [2.75, 3.05) is 41.3 Å². The number of H-pyrrole nitrogens is 2. The van der Waals surface area contributed by atoms with Gasteiger partial charge < -0.3 is 30.0 Å². The number of aromatic nitrogens is 4. The highest BCUT2D eigenvalue weighted by molar-refractivity contribution is 7.99. The zero-order valence-corrected chi connectivity index (χ0v) is 37.3. The van der Waals surface area contributed by atoms with Crippen LogP contribution in [0.2, 0.25) is 0 Å². The van der Waals surface area contributed by atoms with Crippen LogP contribution in [0, 0.1) is 25.7 Å². The molecule has 2 aromatic heterocycles. The van der Waals surface area contributed by atoms with Gasteiger partial charge in [0.1, 0.15) is 11.6 Å². The molecule has 0 radical (unpaired) electrons. The lowest BCUT2D eigenvalue weighted by molar-refractivity contribution is -0.193. The standard InChI is InChI=1S/2C19H27N3OS.2C2HF3O2/c2*1-13-5-4-6-16-18(13)20-17(21-19(16)23)12-24-15-9-7-14(8-10-15)11-22(2)3;2*3-2(4,5)1(6)7/h2*4-6,14-15H,7-12H2,1-3H3,(H,20,21,23);2*(H,6,7). The summed E-state index contributed by atoms with van der Waals surface area (Å²) < 4.78 is 63.5. The quantitative estimate of drug-likeness (QED) is 0.112. The normalized spacial score (nSPS) is 19.2. The van der Waals surface area contributed by atoms with Crippen LogP contribution in [0.3, 0.4) is 0 Å². The molecule has 344 valence electrons. The molecule has 4 N–H and O–H groups in total. The molecule has 2 aliphatic carbocycles. The molecule has 2 aliphatic rings. The third-order valence-electron chi connectivity index (χ3n) is 10.2. The van der Waals surface area contributed by atoms with Crippen LogP contribution in [0.15, 0.2) is 46.0 Å². The molecule has 0 bridgehead atoms. The van der Waals surface area contributed by atoms with E-state index in [1.807, 2.05) is 73.8 Å². The molecule has 4 aromatic rings. The highest BCUT2D eigenvalue weighted by Gasteiger charge is 2.39. The van der Waals surface area contributed by atoms with Crippen molar-refractivity contribution in [1.29, 1.82) is 0 Å². The lowest BCUT2D eigenvalue weighted by Gasteiger charge is -2.29. The van der Waals surface area contributed by atoms with Gasteiger partial charge in [0.15, 0.2) is 0 Å². The van der Waals surface area contributed by atoms with Gasteiger partial charge in [-0.05, 0) is 129 Å². The molecule has 0 spiro atoms. The first-order chi connectivity index (χ1) is 28.9. The van der Waals surface area contributed by atoms with E-state index in [2.05, 4.69) is 48.0 Å². The molecule has 20 heteroatoms. The number of benzene rings is 2. The summed E-state index contributed by atoms with van der Waals surface area (Å²) in [5, 5.41) is 17.0. The minimum atomic E-state index is -5.08. The van der Waals surface area contributed by atoms with Crippen LogP contribution in [0.4, 0.5) is 26.3 Å². The monoisotopic (exact) mass is 918 g/mol. The van der Waals surface area contributed by atoms with E-state index in [1.54, 1.807) is 0 Å². The predicted octanol–water partition coefficient (Wildman–Crippen LogP) is 8.44. The number of hydrogen-bond acceptors (Lipinski definition) is 10. The van der Waals surface area contributed by atoms with E-state index in [0.717, 1.165) is 57.2 Å². The molecule has 2 fully saturated rings. The minimum absolute atomic E-state index is 0.0195. The van der Waals surface area contributed by atoms with Crippen molar-refractivity contribution in [3.63, 3.8) is 0 Å². The van der Waals surface area contributed by atoms with Crippen molar-refractivity contribution in [2.45, 2.75) is 99.6 Å². The Morgan fingerprint density at radius 1 is 0.629 bits per heavy atom. The van der Waals surface area contributed by atoms with Crippen molar-refractivity contribution < 1.29 is 46.1 Å². The molecule has 0 atom stereocenters. The van der Waals surface area contributed by atoms with Crippen LogP contribution in [0.25, 0.3) is 21.8 Å². The zero-order chi connectivity index (χ0) is 46.4. The van der Waals surface area contributed by atoms with E-state index in [1.165, 1.54) is 64.5 Å². The first kappa shape index (κ1) is 52.2. The number of para-hydroxylation sites is 2.